The van der Waals surface area contributed by atoms with Gasteiger partial charge in [-0.25, -0.2) is 0 Å². The summed E-state index contributed by atoms with van der Waals surface area (Å²) in [5.41, 5.74) is 2.04. The fourth-order valence-electron chi connectivity index (χ4n) is 1.23. The maximum Gasteiger partial charge on any atom is 0.302 e. The third-order valence-corrected chi connectivity index (χ3v) is 1.93. The van der Waals surface area contributed by atoms with Gasteiger partial charge >= 0.3 is 11.9 Å². The summed E-state index contributed by atoms with van der Waals surface area (Å²) < 4.78 is 9.70. The lowest BCUT2D eigenvalue weighted by molar-refractivity contribution is -0.140. The molecule has 0 fully saturated rings. The van der Waals surface area contributed by atoms with Crippen molar-refractivity contribution >= 4 is 11.9 Å². The molecular weight excluding hydrogens is 196 g/mol. The molecule has 0 saturated heterocycles. The molecule has 4 nitrogen and oxygen atoms in total. The normalized spacial score (nSPS) is 14.3. The molecule has 0 aromatic rings. The fraction of sp³-hybridized carbons (Fsp3) is 0.455. The van der Waals surface area contributed by atoms with E-state index in [0.717, 1.165) is 11.1 Å². The van der Waals surface area contributed by atoms with Crippen LogP contribution in [0, 0.1) is 0 Å². The summed E-state index contributed by atoms with van der Waals surface area (Å²) in [4.78, 5) is 21.1. The molecule has 4 heteroatoms. The van der Waals surface area contributed by atoms with Crippen LogP contribution in [0.4, 0.5) is 0 Å². The van der Waals surface area contributed by atoms with Crippen LogP contribution in [-0.2, 0) is 19.1 Å². The topological polar surface area (TPSA) is 52.6 Å². The van der Waals surface area contributed by atoms with E-state index in [0.29, 0.717) is 19.6 Å². The molecule has 1 rings (SSSR count). The van der Waals surface area contributed by atoms with Gasteiger partial charge in [0.15, 0.2) is 0 Å². The monoisotopic (exact) mass is 210 g/mol. The molecular formula is C11H14O4. The second-order valence-electron chi connectivity index (χ2n) is 3.39. The summed E-state index contributed by atoms with van der Waals surface area (Å²) in [6.07, 6.45) is 4.49. The zero-order valence-electron chi connectivity index (χ0n) is 8.91. The van der Waals surface area contributed by atoms with Crippen molar-refractivity contribution in [2.24, 2.45) is 0 Å². The number of ether oxygens (including phenoxy) is 2. The molecule has 0 radical (unpaired) electrons. The van der Waals surface area contributed by atoms with Crippen molar-refractivity contribution in [3.05, 3.63) is 23.3 Å². The number of esters is 2. The summed E-state index contributed by atoms with van der Waals surface area (Å²) in [5, 5.41) is 0. The number of hydrogen-bond acceptors (Lipinski definition) is 4. The van der Waals surface area contributed by atoms with Crippen molar-refractivity contribution in [3.8, 4) is 0 Å². The first kappa shape index (κ1) is 11.5. The Morgan fingerprint density at radius 3 is 1.80 bits per heavy atom. The highest BCUT2D eigenvalue weighted by Gasteiger charge is 2.10. The first-order valence-electron chi connectivity index (χ1n) is 4.72. The largest absolute Gasteiger partial charge is 0.461 e. The molecule has 15 heavy (non-hydrogen) atoms. The van der Waals surface area contributed by atoms with Crippen LogP contribution < -0.4 is 0 Å². The first-order valence-corrected chi connectivity index (χ1v) is 4.72. The van der Waals surface area contributed by atoms with Crippen LogP contribution in [0.3, 0.4) is 0 Å². The van der Waals surface area contributed by atoms with E-state index in [2.05, 4.69) is 0 Å². The quantitative estimate of drug-likeness (QED) is 0.657. The summed E-state index contributed by atoms with van der Waals surface area (Å²) in [5.74, 6) is -0.575. The molecule has 0 atom stereocenters. The zero-order valence-corrected chi connectivity index (χ0v) is 8.91. The smallest absolute Gasteiger partial charge is 0.302 e. The lowest BCUT2D eigenvalue weighted by atomic mass is 10.2. The number of carbonyl (C=O) groups excluding carboxylic acids is 2. The predicted molar refractivity (Wildman–Crippen MR) is 54.0 cm³/mol. The van der Waals surface area contributed by atoms with Gasteiger partial charge in [0.05, 0.1) is 0 Å². The van der Waals surface area contributed by atoms with E-state index >= 15 is 0 Å². The van der Waals surface area contributed by atoms with Crippen molar-refractivity contribution in [1.82, 2.24) is 0 Å². The van der Waals surface area contributed by atoms with E-state index in [4.69, 9.17) is 9.47 Å². The molecule has 1 aliphatic rings. The summed E-state index contributed by atoms with van der Waals surface area (Å²) in [6.45, 7) is 3.39. The van der Waals surface area contributed by atoms with Gasteiger partial charge in [-0.2, -0.15) is 0 Å². The van der Waals surface area contributed by atoms with Crippen LogP contribution in [0.5, 0.6) is 0 Å². The van der Waals surface area contributed by atoms with Gasteiger partial charge < -0.3 is 9.47 Å². The molecule has 0 unspecified atom stereocenters. The molecule has 82 valence electrons. The number of rotatable bonds is 4. The van der Waals surface area contributed by atoms with Crippen molar-refractivity contribution in [3.63, 3.8) is 0 Å². The van der Waals surface area contributed by atoms with Gasteiger partial charge in [0.25, 0.3) is 0 Å². The maximum absolute atomic E-state index is 10.6. The highest BCUT2D eigenvalue weighted by atomic mass is 16.5. The van der Waals surface area contributed by atoms with Crippen molar-refractivity contribution < 1.29 is 19.1 Å². The molecule has 1 aliphatic carbocycles. The van der Waals surface area contributed by atoms with Gasteiger partial charge in [-0.1, -0.05) is 12.2 Å². The minimum Gasteiger partial charge on any atom is -0.461 e. The van der Waals surface area contributed by atoms with Crippen molar-refractivity contribution in [1.29, 1.82) is 0 Å². The van der Waals surface area contributed by atoms with Gasteiger partial charge in [0.2, 0.25) is 0 Å². The standard InChI is InChI=1S/C11H14O4/c1-8(12)14-6-10-3-4-11(5-10)7-15-9(2)13/h3-4H,5-7H2,1-2H3. The van der Waals surface area contributed by atoms with E-state index < -0.39 is 0 Å². The second kappa shape index (κ2) is 5.34. The van der Waals surface area contributed by atoms with Gasteiger partial charge in [-0.05, 0) is 17.6 Å². The van der Waals surface area contributed by atoms with Crippen molar-refractivity contribution in [2.45, 2.75) is 20.3 Å². The Bertz CT molecular complexity index is 293. The summed E-state index contributed by atoms with van der Waals surface area (Å²) >= 11 is 0. The molecule has 0 heterocycles. The van der Waals surface area contributed by atoms with E-state index in [1.54, 1.807) is 0 Å². The molecule has 0 bridgehead atoms. The third kappa shape index (κ3) is 4.44. The Labute approximate surface area is 88.6 Å². The lowest BCUT2D eigenvalue weighted by Crippen LogP contribution is -2.05. The SMILES string of the molecule is CC(=O)OCC1=CC=C(COC(C)=O)C1. The summed E-state index contributed by atoms with van der Waals surface area (Å²) in [6, 6.07) is 0. The van der Waals surface area contributed by atoms with Crippen LogP contribution in [0.1, 0.15) is 20.3 Å². The van der Waals surface area contributed by atoms with E-state index in [9.17, 15) is 9.59 Å². The molecule has 0 saturated carbocycles. The van der Waals surface area contributed by atoms with Gasteiger partial charge in [-0.3, -0.25) is 9.59 Å². The average molecular weight is 210 g/mol. The molecule has 0 N–H and O–H groups in total. The minimum absolute atomic E-state index is 0.288. The molecule has 0 amide bonds. The average Bonchev–Trinajstić information content (AvgIpc) is 2.59. The molecule has 0 aliphatic heterocycles. The van der Waals surface area contributed by atoms with Gasteiger partial charge in [0.1, 0.15) is 13.2 Å². The second-order valence-corrected chi connectivity index (χ2v) is 3.39. The van der Waals surface area contributed by atoms with E-state index in [-0.39, 0.29) is 11.9 Å². The van der Waals surface area contributed by atoms with Crippen LogP contribution in [0.15, 0.2) is 23.3 Å². The Hall–Kier alpha value is -1.58. The maximum atomic E-state index is 10.6. The van der Waals surface area contributed by atoms with Crippen LogP contribution in [0.25, 0.3) is 0 Å². The highest BCUT2D eigenvalue weighted by molar-refractivity contribution is 5.66. The van der Waals surface area contributed by atoms with Crippen LogP contribution in [-0.4, -0.2) is 25.2 Å². The van der Waals surface area contributed by atoms with Crippen LogP contribution in [0.2, 0.25) is 0 Å². The zero-order chi connectivity index (χ0) is 11.3. The number of allylic oxidation sites excluding steroid dienone is 2. The van der Waals surface area contributed by atoms with E-state index in [1.165, 1.54) is 13.8 Å². The first-order chi connectivity index (χ1) is 7.08. The van der Waals surface area contributed by atoms with Gasteiger partial charge in [0, 0.05) is 13.8 Å². The summed E-state index contributed by atoms with van der Waals surface area (Å²) in [7, 11) is 0. The fourth-order valence-corrected chi connectivity index (χ4v) is 1.23. The Morgan fingerprint density at radius 2 is 1.47 bits per heavy atom. The lowest BCUT2D eigenvalue weighted by Gasteiger charge is -2.05. The Kier molecular flexibility index (Phi) is 4.09. The molecule has 0 spiro atoms. The highest BCUT2D eigenvalue weighted by Crippen LogP contribution is 2.19. The van der Waals surface area contributed by atoms with Gasteiger partial charge in [-0.15, -0.1) is 0 Å². The molecule has 0 aromatic heterocycles. The third-order valence-electron chi connectivity index (χ3n) is 1.93. The van der Waals surface area contributed by atoms with Crippen molar-refractivity contribution in [2.75, 3.05) is 13.2 Å². The van der Waals surface area contributed by atoms with E-state index in [1.807, 2.05) is 12.2 Å². The predicted octanol–water partition coefficient (Wildman–Crippen LogP) is 1.37. The number of hydrogen-bond donors (Lipinski definition) is 0. The Morgan fingerprint density at radius 1 is 1.07 bits per heavy atom. The van der Waals surface area contributed by atoms with Crippen LogP contribution >= 0.6 is 0 Å². The minimum atomic E-state index is -0.288. The Balaban J connectivity index is 2.23. The molecule has 0 aromatic carbocycles. The number of carbonyl (C=O) groups is 2.